The highest BCUT2D eigenvalue weighted by molar-refractivity contribution is 6.08. The second-order valence-electron chi connectivity index (χ2n) is 12.4. The monoisotopic (exact) mass is 536 g/mol. The lowest BCUT2D eigenvalue weighted by atomic mass is 9.76. The van der Waals surface area contributed by atoms with Crippen LogP contribution >= 0.6 is 0 Å². The van der Waals surface area contributed by atoms with Gasteiger partial charge < -0.3 is 14.6 Å². The fourth-order valence-corrected chi connectivity index (χ4v) is 6.62. The van der Waals surface area contributed by atoms with Crippen molar-refractivity contribution in [3.8, 4) is 5.75 Å². The van der Waals surface area contributed by atoms with Crippen LogP contribution in [0.3, 0.4) is 0 Å². The average Bonchev–Trinajstić information content (AvgIpc) is 2.87. The molecule has 0 saturated carbocycles. The van der Waals surface area contributed by atoms with E-state index in [4.69, 9.17) is 19.5 Å². The van der Waals surface area contributed by atoms with E-state index in [0.29, 0.717) is 12.0 Å². The Morgan fingerprint density at radius 2 is 1.88 bits per heavy atom. The van der Waals surface area contributed by atoms with Gasteiger partial charge in [-0.3, -0.25) is 9.98 Å². The number of hydrogen-bond donors (Lipinski definition) is 1. The molecule has 1 unspecified atom stereocenters. The molecule has 0 spiro atoms. The third-order valence-corrected chi connectivity index (χ3v) is 8.00. The van der Waals surface area contributed by atoms with Gasteiger partial charge in [0, 0.05) is 40.1 Å². The number of allylic oxidation sites excluding steroid dienone is 3. The summed E-state index contributed by atoms with van der Waals surface area (Å²) in [5.74, 6) is 0.296. The largest absolute Gasteiger partial charge is 0.485 e. The summed E-state index contributed by atoms with van der Waals surface area (Å²) in [5.41, 5.74) is 8.58. The van der Waals surface area contributed by atoms with Crippen LogP contribution in [0.5, 0.6) is 5.75 Å². The third kappa shape index (κ3) is 4.54. The zero-order valence-electron chi connectivity index (χ0n) is 24.1. The summed E-state index contributed by atoms with van der Waals surface area (Å²) in [5, 5.41) is 11.1. The number of fused-ring (bicyclic) bond motifs is 4. The molecule has 2 aromatic carbocycles. The molecule has 0 bridgehead atoms. The Balaban J connectivity index is 1.66. The van der Waals surface area contributed by atoms with Gasteiger partial charge in [0.25, 0.3) is 0 Å². The van der Waals surface area contributed by atoms with Crippen LogP contribution in [0.25, 0.3) is 11.1 Å². The molecule has 2 aromatic rings. The minimum Gasteiger partial charge on any atom is -0.485 e. The number of nitrogens with zero attached hydrogens (tertiary/aromatic N) is 2. The van der Waals surface area contributed by atoms with E-state index < -0.39 is 5.97 Å². The number of dihydropyridines is 1. The van der Waals surface area contributed by atoms with E-state index in [9.17, 15) is 9.90 Å². The zero-order valence-corrected chi connectivity index (χ0v) is 24.1. The van der Waals surface area contributed by atoms with Gasteiger partial charge in [-0.15, -0.1) is 0 Å². The van der Waals surface area contributed by atoms with Crippen molar-refractivity contribution in [1.29, 1.82) is 0 Å². The van der Waals surface area contributed by atoms with Crippen molar-refractivity contribution in [1.82, 2.24) is 0 Å². The Kier molecular flexibility index (Phi) is 6.22. The molecule has 3 aliphatic heterocycles. The zero-order chi connectivity index (χ0) is 28.4. The molecule has 40 heavy (non-hydrogen) atoms. The minimum absolute atomic E-state index is 0.0516. The molecule has 6 heteroatoms. The molecule has 1 aliphatic carbocycles. The summed E-state index contributed by atoms with van der Waals surface area (Å²) in [6.07, 6.45) is 5.71. The Labute approximate surface area is 235 Å². The minimum atomic E-state index is -0.457. The van der Waals surface area contributed by atoms with E-state index >= 15 is 0 Å². The predicted molar refractivity (Wildman–Crippen MR) is 157 cm³/mol. The number of benzene rings is 2. The fourth-order valence-electron chi connectivity index (χ4n) is 6.62. The summed E-state index contributed by atoms with van der Waals surface area (Å²) < 4.78 is 12.1. The Morgan fingerprint density at radius 3 is 2.65 bits per heavy atom. The number of esters is 1. The Morgan fingerprint density at radius 1 is 1.10 bits per heavy atom. The molecule has 0 saturated heterocycles. The fraction of sp³-hybridized carbons (Fsp3) is 0.382. The van der Waals surface area contributed by atoms with E-state index in [1.54, 1.807) is 6.07 Å². The van der Waals surface area contributed by atoms with Crippen molar-refractivity contribution < 1.29 is 19.4 Å². The third-order valence-electron chi connectivity index (χ3n) is 8.00. The van der Waals surface area contributed by atoms with Gasteiger partial charge in [-0.2, -0.15) is 0 Å². The number of carbonyl (C=O) groups excluding carboxylic acids is 1. The maximum absolute atomic E-state index is 13.2. The van der Waals surface area contributed by atoms with Crippen molar-refractivity contribution in [2.24, 2.45) is 9.98 Å². The number of carbonyl (C=O) groups is 1. The summed E-state index contributed by atoms with van der Waals surface area (Å²) in [4.78, 5) is 23.3. The van der Waals surface area contributed by atoms with Gasteiger partial charge >= 0.3 is 5.97 Å². The smallest absolute Gasteiger partial charge is 0.338 e. The van der Waals surface area contributed by atoms with Crippen molar-refractivity contribution in [2.45, 2.75) is 71.6 Å². The number of aliphatic hydroxyl groups excluding tert-OH is 1. The van der Waals surface area contributed by atoms with E-state index in [0.717, 1.165) is 56.3 Å². The van der Waals surface area contributed by atoms with Crippen LogP contribution in [-0.2, 0) is 4.74 Å². The first-order valence-electron chi connectivity index (χ1n) is 14.0. The lowest BCUT2D eigenvalue weighted by Gasteiger charge is -2.37. The maximum Gasteiger partial charge on any atom is 0.338 e. The molecule has 0 fully saturated rings. The SMILES string of the molecule is CC1=CC(C)(C)N=c2cc3c(cc21)=C(c1ccccc1C(=O)OCCO)C1=CC2=C(C)CC(C)(C)N=C2CC1O3. The van der Waals surface area contributed by atoms with Crippen LogP contribution < -0.4 is 15.3 Å². The van der Waals surface area contributed by atoms with E-state index in [1.165, 1.54) is 11.1 Å². The van der Waals surface area contributed by atoms with E-state index in [1.807, 2.05) is 18.2 Å². The van der Waals surface area contributed by atoms with Crippen LogP contribution in [0.2, 0.25) is 0 Å². The van der Waals surface area contributed by atoms with Crippen molar-refractivity contribution >= 4 is 22.8 Å². The first kappa shape index (κ1) is 26.5. The quantitative estimate of drug-likeness (QED) is 0.565. The molecule has 0 radical (unpaired) electrons. The standard InChI is InChI=1S/C34H36N2O4/c1-19-17-33(3,4)35-27-15-29-25(13-23(19)27)31(21-9-7-8-10-22(21)32(38)39-12-11-37)26-14-24-20(2)18-34(5,6)36-28(24)16-30(26)40-29/h7-10,13-15,17,30,37H,11-12,16,18H2,1-6H3. The van der Waals surface area contributed by atoms with Gasteiger partial charge in [0.15, 0.2) is 0 Å². The van der Waals surface area contributed by atoms with Gasteiger partial charge in [0.1, 0.15) is 18.5 Å². The highest BCUT2D eigenvalue weighted by Crippen LogP contribution is 2.41. The Bertz CT molecular complexity index is 1700. The number of aliphatic hydroxyl groups is 1. The van der Waals surface area contributed by atoms with Gasteiger partial charge in [0.05, 0.1) is 28.6 Å². The van der Waals surface area contributed by atoms with E-state index in [-0.39, 0.29) is 30.4 Å². The maximum atomic E-state index is 13.2. The second kappa shape index (κ2) is 9.41. The number of rotatable bonds is 4. The van der Waals surface area contributed by atoms with Crippen LogP contribution in [0.1, 0.15) is 75.9 Å². The highest BCUT2D eigenvalue weighted by atomic mass is 16.5. The predicted octanol–water partition coefficient (Wildman–Crippen LogP) is 4.88. The van der Waals surface area contributed by atoms with Crippen molar-refractivity contribution in [3.05, 3.63) is 92.5 Å². The molecule has 6 rings (SSSR count). The normalized spacial score (nSPS) is 21.8. The van der Waals surface area contributed by atoms with Crippen LogP contribution in [0, 0.1) is 0 Å². The molecule has 6 nitrogen and oxygen atoms in total. The summed E-state index contributed by atoms with van der Waals surface area (Å²) >= 11 is 0. The molecule has 0 aromatic heterocycles. The van der Waals surface area contributed by atoms with Crippen molar-refractivity contribution in [3.63, 3.8) is 0 Å². The lowest BCUT2D eigenvalue weighted by Crippen LogP contribution is -2.40. The summed E-state index contributed by atoms with van der Waals surface area (Å²) in [6, 6.07) is 11.8. The summed E-state index contributed by atoms with van der Waals surface area (Å²) in [7, 11) is 0. The average molecular weight is 537 g/mol. The molecule has 1 atom stereocenters. The highest BCUT2D eigenvalue weighted by Gasteiger charge is 2.38. The molecular formula is C34H36N2O4. The number of ether oxygens (including phenoxy) is 2. The van der Waals surface area contributed by atoms with Gasteiger partial charge in [0.2, 0.25) is 0 Å². The Hall–Kier alpha value is -3.77. The second-order valence-corrected chi connectivity index (χ2v) is 12.4. The van der Waals surface area contributed by atoms with Crippen molar-refractivity contribution in [2.75, 3.05) is 13.2 Å². The number of aliphatic imine (C=N–C) groups is 1. The summed E-state index contributed by atoms with van der Waals surface area (Å²) in [6.45, 7) is 12.6. The molecule has 1 N–H and O–H groups in total. The number of hydrogen-bond acceptors (Lipinski definition) is 6. The first-order valence-corrected chi connectivity index (χ1v) is 14.0. The van der Waals surface area contributed by atoms with Gasteiger partial charge in [-0.25, -0.2) is 4.79 Å². The molecule has 0 amide bonds. The molecular weight excluding hydrogens is 500 g/mol. The van der Waals surface area contributed by atoms with Crippen LogP contribution in [0.4, 0.5) is 0 Å². The molecule has 4 aliphatic rings. The topological polar surface area (TPSA) is 80.5 Å². The molecule has 206 valence electrons. The van der Waals surface area contributed by atoms with Gasteiger partial charge in [-0.05, 0) is 82.9 Å². The molecule has 3 heterocycles. The van der Waals surface area contributed by atoms with Crippen LogP contribution in [0.15, 0.2) is 75.3 Å². The van der Waals surface area contributed by atoms with E-state index in [2.05, 4.69) is 65.8 Å². The van der Waals surface area contributed by atoms with Gasteiger partial charge in [-0.1, -0.05) is 29.8 Å². The van der Waals surface area contributed by atoms with Crippen LogP contribution in [-0.4, -0.2) is 47.2 Å². The lowest BCUT2D eigenvalue weighted by molar-refractivity contribution is 0.0433. The first-order chi connectivity index (χ1) is 19.0.